The van der Waals surface area contributed by atoms with Gasteiger partial charge in [-0.2, -0.15) is 0 Å². The molecule has 0 heterocycles. The minimum Gasteiger partial charge on any atom is -0.481 e. The molecule has 0 amide bonds. The molecule has 2 fully saturated rings. The van der Waals surface area contributed by atoms with Gasteiger partial charge in [0.1, 0.15) is 12.4 Å². The Balaban J connectivity index is 0.000000463. The maximum absolute atomic E-state index is 11.6. The molecule has 0 aromatic rings. The van der Waals surface area contributed by atoms with Crippen LogP contribution in [0.25, 0.3) is 0 Å². The second-order valence-electron chi connectivity index (χ2n) is 9.11. The maximum Gasteiger partial charge on any atom is 0.302 e. The zero-order chi connectivity index (χ0) is 22.8. The largest absolute Gasteiger partial charge is 0.481 e. The summed E-state index contributed by atoms with van der Waals surface area (Å²) in [6, 6.07) is 0. The van der Waals surface area contributed by atoms with Crippen LogP contribution >= 0.6 is 0 Å². The second-order valence-corrected chi connectivity index (χ2v) is 9.11. The van der Waals surface area contributed by atoms with Crippen LogP contribution in [0.1, 0.15) is 87.5 Å². The van der Waals surface area contributed by atoms with Gasteiger partial charge in [-0.25, -0.2) is 0 Å². The molecule has 1 N–H and O–H groups in total. The molecule has 0 aliphatic heterocycles. The number of carboxylic acids is 1. The Labute approximate surface area is 176 Å². The summed E-state index contributed by atoms with van der Waals surface area (Å²) in [5, 5.41) is 7.42. The number of ketones is 1. The Morgan fingerprint density at radius 2 is 1.66 bits per heavy atom. The van der Waals surface area contributed by atoms with Crippen molar-refractivity contribution in [1.82, 2.24) is 0 Å². The predicted molar refractivity (Wildman–Crippen MR) is 117 cm³/mol. The van der Waals surface area contributed by atoms with Gasteiger partial charge in [-0.1, -0.05) is 38.0 Å². The van der Waals surface area contributed by atoms with Gasteiger partial charge >= 0.3 is 5.97 Å². The fraction of sp³-hybridized carbons (Fsp3) is 0.708. The van der Waals surface area contributed by atoms with Crippen LogP contribution in [0.5, 0.6) is 0 Å². The Morgan fingerprint density at radius 3 is 1.97 bits per heavy atom. The Bertz CT molecular complexity index is 634. The van der Waals surface area contributed by atoms with E-state index in [0.717, 1.165) is 32.6 Å². The maximum atomic E-state index is 11.6. The number of carbonyl (C=O) groups excluding carboxylic acids is 2. The number of carboxylic acid groups (broad SMARTS) is 1. The monoisotopic (exact) mass is 408 g/mol. The number of ether oxygens (including phenoxy) is 1. The molecule has 5 heteroatoms. The van der Waals surface area contributed by atoms with E-state index in [1.54, 1.807) is 0 Å². The van der Waals surface area contributed by atoms with Crippen molar-refractivity contribution in [2.24, 2.45) is 16.7 Å². The van der Waals surface area contributed by atoms with E-state index in [9.17, 15) is 9.59 Å². The minimum atomic E-state index is -0.833. The van der Waals surface area contributed by atoms with Crippen LogP contribution in [0.4, 0.5) is 0 Å². The van der Waals surface area contributed by atoms with Crippen molar-refractivity contribution in [3.63, 3.8) is 0 Å². The zero-order valence-electron chi connectivity index (χ0n) is 19.6. The molecule has 2 saturated carbocycles. The molecule has 29 heavy (non-hydrogen) atoms. The number of rotatable bonds is 5. The fourth-order valence-corrected chi connectivity index (χ4v) is 3.89. The number of carbonyl (C=O) groups is 3. The van der Waals surface area contributed by atoms with Crippen molar-refractivity contribution in [2.45, 2.75) is 87.5 Å². The average Bonchev–Trinajstić information content (AvgIpc) is 2.87. The molecule has 0 spiro atoms. The lowest BCUT2D eigenvalue weighted by Gasteiger charge is -2.32. The van der Waals surface area contributed by atoms with E-state index in [-0.39, 0.29) is 16.8 Å². The summed E-state index contributed by atoms with van der Waals surface area (Å²) in [5.74, 6) is 0.136. The number of aliphatic carboxylic acids is 1. The van der Waals surface area contributed by atoms with Crippen molar-refractivity contribution in [3.05, 3.63) is 23.3 Å². The number of esters is 1. The van der Waals surface area contributed by atoms with Crippen LogP contribution in [-0.4, -0.2) is 29.4 Å². The minimum absolute atomic E-state index is 0.0255. The summed E-state index contributed by atoms with van der Waals surface area (Å²) in [5.41, 5.74) is 2.92. The van der Waals surface area contributed by atoms with E-state index in [2.05, 4.69) is 47.6 Å². The molecule has 2 atom stereocenters. The molecule has 2 aliphatic rings. The van der Waals surface area contributed by atoms with Crippen LogP contribution in [0.15, 0.2) is 23.3 Å². The molecule has 0 aromatic carbocycles. The molecule has 0 radical (unpaired) electrons. The van der Waals surface area contributed by atoms with E-state index in [1.807, 2.05) is 6.08 Å². The lowest BCUT2D eigenvalue weighted by atomic mass is 9.70. The van der Waals surface area contributed by atoms with Gasteiger partial charge in [0.15, 0.2) is 0 Å². The molecule has 0 saturated heterocycles. The predicted octanol–water partition coefficient (Wildman–Crippen LogP) is 5.73. The normalized spacial score (nSPS) is 23.9. The van der Waals surface area contributed by atoms with Gasteiger partial charge in [0, 0.05) is 25.7 Å². The molecular formula is C24H40O5. The highest BCUT2D eigenvalue weighted by Crippen LogP contribution is 2.63. The van der Waals surface area contributed by atoms with Gasteiger partial charge in [-0.3, -0.25) is 14.4 Å². The molecule has 2 unspecified atom stereocenters. The quantitative estimate of drug-likeness (QED) is 0.464. The smallest absolute Gasteiger partial charge is 0.302 e. The topological polar surface area (TPSA) is 80.7 Å². The lowest BCUT2D eigenvalue weighted by Crippen LogP contribution is -2.32. The first-order valence-electron chi connectivity index (χ1n) is 10.4. The highest BCUT2D eigenvalue weighted by atomic mass is 16.5. The molecule has 166 valence electrons. The highest BCUT2D eigenvalue weighted by Gasteiger charge is 2.61. The zero-order valence-corrected chi connectivity index (χ0v) is 19.6. The summed E-state index contributed by atoms with van der Waals surface area (Å²) >= 11 is 0. The first-order chi connectivity index (χ1) is 13.2. The number of Topliss-reactive ketones (excluding diaryl/α,β-unsaturated/α-hetero) is 1. The van der Waals surface area contributed by atoms with Crippen molar-refractivity contribution in [1.29, 1.82) is 0 Å². The molecule has 2 aliphatic carbocycles. The van der Waals surface area contributed by atoms with Gasteiger partial charge in [-0.15, -0.1) is 0 Å². The van der Waals surface area contributed by atoms with E-state index in [0.29, 0.717) is 18.3 Å². The van der Waals surface area contributed by atoms with Crippen LogP contribution in [0.3, 0.4) is 0 Å². The second kappa shape index (κ2) is 11.9. The van der Waals surface area contributed by atoms with Gasteiger partial charge < -0.3 is 9.84 Å². The van der Waals surface area contributed by atoms with Crippen molar-refractivity contribution in [2.75, 3.05) is 6.61 Å². The Hall–Kier alpha value is -1.91. The van der Waals surface area contributed by atoms with Gasteiger partial charge in [0.05, 0.1) is 0 Å². The first-order valence-corrected chi connectivity index (χ1v) is 10.4. The molecule has 2 bridgehead atoms. The van der Waals surface area contributed by atoms with Crippen LogP contribution in [0.2, 0.25) is 0 Å². The van der Waals surface area contributed by atoms with Crippen LogP contribution < -0.4 is 0 Å². The fourth-order valence-electron chi connectivity index (χ4n) is 3.89. The number of fused-ring (bicyclic) bond motifs is 2. The Kier molecular flexibility index (Phi) is 11.2. The lowest BCUT2D eigenvalue weighted by molar-refractivity contribution is -0.139. The Morgan fingerprint density at radius 1 is 1.10 bits per heavy atom. The third-order valence-corrected chi connectivity index (χ3v) is 6.29. The van der Waals surface area contributed by atoms with E-state index >= 15 is 0 Å². The highest BCUT2D eigenvalue weighted by molar-refractivity contribution is 5.89. The summed E-state index contributed by atoms with van der Waals surface area (Å²) < 4.78 is 4.81. The number of hydrogen-bond acceptors (Lipinski definition) is 4. The summed E-state index contributed by atoms with van der Waals surface area (Å²) in [6.07, 6.45) is 9.52. The van der Waals surface area contributed by atoms with E-state index < -0.39 is 5.97 Å². The average molecular weight is 409 g/mol. The standard InChI is InChI=1S/C12H20O2.C10H16O.C2H4O2/c1-10(2)6-5-7-11(3)8-9-14-12(4)13;1-9(2)7-4-5-10(9,3)8(11)6-7;1-2(3)4/h6,8H,5,7,9H2,1-4H3;7H,4-6H2,1-3H3;1H3,(H,3,4)/b11-8+;;. The van der Waals surface area contributed by atoms with Gasteiger partial charge in [-0.05, 0) is 63.9 Å². The molecule has 2 rings (SSSR count). The van der Waals surface area contributed by atoms with Gasteiger partial charge in [0.2, 0.25) is 0 Å². The van der Waals surface area contributed by atoms with E-state index in [1.165, 1.54) is 24.5 Å². The van der Waals surface area contributed by atoms with Crippen molar-refractivity contribution >= 4 is 17.7 Å². The molecule has 5 nitrogen and oxygen atoms in total. The van der Waals surface area contributed by atoms with Crippen LogP contribution in [0, 0.1) is 16.7 Å². The SMILES string of the molecule is CC(=O)O.CC(=O)OC/C=C(\C)CCC=C(C)C.CC12CCC(CC1=O)C2(C)C. The first kappa shape index (κ1) is 27.1. The summed E-state index contributed by atoms with van der Waals surface area (Å²) in [7, 11) is 0. The van der Waals surface area contributed by atoms with Crippen molar-refractivity contribution < 1.29 is 24.2 Å². The summed E-state index contributed by atoms with van der Waals surface area (Å²) in [4.78, 5) is 31.0. The summed E-state index contributed by atoms with van der Waals surface area (Å²) in [6.45, 7) is 15.8. The molecule has 0 aromatic heterocycles. The van der Waals surface area contributed by atoms with E-state index in [4.69, 9.17) is 14.6 Å². The third kappa shape index (κ3) is 8.97. The number of allylic oxidation sites excluding steroid dienone is 3. The number of hydrogen-bond donors (Lipinski definition) is 1. The third-order valence-electron chi connectivity index (χ3n) is 6.29. The van der Waals surface area contributed by atoms with Gasteiger partial charge in [0.25, 0.3) is 5.97 Å². The van der Waals surface area contributed by atoms with Crippen LogP contribution in [-0.2, 0) is 19.1 Å². The molecular weight excluding hydrogens is 368 g/mol. The van der Waals surface area contributed by atoms with Crippen molar-refractivity contribution in [3.8, 4) is 0 Å².